The van der Waals surface area contributed by atoms with Gasteiger partial charge in [-0.3, -0.25) is 24.2 Å². The van der Waals surface area contributed by atoms with E-state index in [1.807, 2.05) is 0 Å². The van der Waals surface area contributed by atoms with Crippen molar-refractivity contribution in [3.05, 3.63) is 30.1 Å². The second-order valence-corrected chi connectivity index (χ2v) is 13.3. The number of pyridine rings is 1. The number of ketones is 1. The number of amides is 4. The van der Waals surface area contributed by atoms with Gasteiger partial charge in [0.05, 0.1) is 13.2 Å². The maximum atomic E-state index is 14.0. The Bertz CT molecular complexity index is 1190. The van der Waals surface area contributed by atoms with Gasteiger partial charge in [0.25, 0.3) is 5.91 Å². The fraction of sp³-hybridized carbons (Fsp3) is 0.677. The third kappa shape index (κ3) is 9.43. The van der Waals surface area contributed by atoms with Crippen molar-refractivity contribution in [3.63, 3.8) is 0 Å². The lowest BCUT2D eigenvalue weighted by atomic mass is 9.72. The van der Waals surface area contributed by atoms with Crippen molar-refractivity contribution in [2.24, 2.45) is 10.8 Å². The van der Waals surface area contributed by atoms with E-state index in [0.29, 0.717) is 18.9 Å². The zero-order valence-electron chi connectivity index (χ0n) is 26.2. The number of carbonyl (C=O) groups is 5. The van der Waals surface area contributed by atoms with Gasteiger partial charge in [0.2, 0.25) is 23.5 Å². The predicted octanol–water partition coefficient (Wildman–Crippen LogP) is 3.51. The van der Waals surface area contributed by atoms with Crippen LogP contribution in [0.2, 0.25) is 0 Å². The molecule has 2 heterocycles. The molecule has 1 saturated carbocycles. The van der Waals surface area contributed by atoms with Crippen molar-refractivity contribution in [2.45, 2.75) is 110 Å². The Kier molecular flexibility index (Phi) is 11.4. The average Bonchev–Trinajstić information content (AvgIpc) is 3.34. The number of hydrogen-bond acceptors (Lipinski definition) is 7. The van der Waals surface area contributed by atoms with E-state index < -0.39 is 71.9 Å². The minimum Gasteiger partial charge on any atom is -0.453 e. The van der Waals surface area contributed by atoms with Crippen molar-refractivity contribution in [2.75, 3.05) is 13.7 Å². The lowest BCUT2D eigenvalue weighted by Gasteiger charge is -2.36. The summed E-state index contributed by atoms with van der Waals surface area (Å²) in [5.74, 6) is -6.41. The van der Waals surface area contributed by atoms with Crippen LogP contribution in [0.15, 0.2) is 24.5 Å². The summed E-state index contributed by atoms with van der Waals surface area (Å²) in [4.78, 5) is 71.4. The van der Waals surface area contributed by atoms with Gasteiger partial charge in [0.15, 0.2) is 0 Å². The highest BCUT2D eigenvalue weighted by Gasteiger charge is 2.51. The quantitative estimate of drug-likeness (QED) is 0.321. The largest absolute Gasteiger partial charge is 0.453 e. The van der Waals surface area contributed by atoms with Crippen LogP contribution in [0.5, 0.6) is 0 Å². The molecule has 2 aliphatic rings. The number of methoxy groups -OCH3 is 1. The molecule has 1 spiro atoms. The number of carbonyl (C=O) groups excluding carboxylic acids is 5. The molecule has 0 radical (unpaired) electrons. The molecule has 0 unspecified atom stereocenters. The number of rotatable bonds is 11. The molecule has 0 bridgehead atoms. The number of hydrogen-bond donors (Lipinski definition) is 3. The summed E-state index contributed by atoms with van der Waals surface area (Å²) < 4.78 is 32.5. The topological polar surface area (TPSA) is 147 Å². The molecule has 0 aromatic carbocycles. The number of alkyl halides is 2. The van der Waals surface area contributed by atoms with Crippen LogP contribution >= 0.6 is 0 Å². The van der Waals surface area contributed by atoms with Crippen molar-refractivity contribution in [1.29, 1.82) is 0 Å². The average molecular weight is 622 g/mol. The fourth-order valence-electron chi connectivity index (χ4n) is 6.04. The third-order valence-corrected chi connectivity index (χ3v) is 8.50. The zero-order chi connectivity index (χ0) is 32.7. The molecule has 3 N–H and O–H groups in total. The molecule has 11 nitrogen and oxygen atoms in total. The van der Waals surface area contributed by atoms with Gasteiger partial charge in [-0.15, -0.1) is 0 Å². The van der Waals surface area contributed by atoms with Gasteiger partial charge in [0.1, 0.15) is 12.1 Å². The van der Waals surface area contributed by atoms with Gasteiger partial charge in [-0.2, -0.15) is 0 Å². The van der Waals surface area contributed by atoms with Crippen LogP contribution in [0.1, 0.15) is 84.6 Å². The van der Waals surface area contributed by atoms with Crippen molar-refractivity contribution < 1.29 is 37.5 Å². The SMILES string of the molecule is COC(=O)N[C@H](C(=O)N1CC2(CCCCC2)C[C@H]1C(=O)N[C@@H](CCC(C)(F)F)C(=O)C(=O)NCc1ccncc1)C(C)(C)C. The van der Waals surface area contributed by atoms with Crippen LogP contribution in [0.3, 0.4) is 0 Å². The molecule has 1 aromatic rings. The van der Waals surface area contributed by atoms with E-state index in [9.17, 15) is 32.8 Å². The summed E-state index contributed by atoms with van der Waals surface area (Å²) >= 11 is 0. The minimum atomic E-state index is -3.14. The number of aromatic nitrogens is 1. The minimum absolute atomic E-state index is 0.00646. The van der Waals surface area contributed by atoms with E-state index in [1.165, 1.54) is 24.4 Å². The number of ether oxygens (including phenoxy) is 1. The Balaban J connectivity index is 1.86. The number of nitrogens with zero attached hydrogens (tertiary/aromatic N) is 2. The molecule has 44 heavy (non-hydrogen) atoms. The number of halogens is 2. The van der Waals surface area contributed by atoms with Crippen LogP contribution in [-0.2, 0) is 30.5 Å². The summed E-state index contributed by atoms with van der Waals surface area (Å²) in [5.41, 5.74) is -0.400. The van der Waals surface area contributed by atoms with Crippen LogP contribution in [0.25, 0.3) is 0 Å². The number of nitrogens with one attached hydrogen (secondary N) is 3. The Morgan fingerprint density at radius 3 is 2.25 bits per heavy atom. The predicted molar refractivity (Wildman–Crippen MR) is 157 cm³/mol. The number of alkyl carbamates (subject to hydrolysis) is 1. The first-order chi connectivity index (χ1) is 20.5. The Morgan fingerprint density at radius 1 is 1.05 bits per heavy atom. The van der Waals surface area contributed by atoms with Crippen LogP contribution in [0, 0.1) is 10.8 Å². The van der Waals surface area contributed by atoms with Gasteiger partial charge < -0.3 is 25.6 Å². The molecule has 1 saturated heterocycles. The lowest BCUT2D eigenvalue weighted by molar-refractivity contribution is -0.144. The molecule has 13 heteroatoms. The molecule has 3 atom stereocenters. The van der Waals surface area contributed by atoms with Crippen LogP contribution in [-0.4, -0.2) is 77.2 Å². The van der Waals surface area contributed by atoms with Gasteiger partial charge in [-0.05, 0) is 61.1 Å². The van der Waals surface area contributed by atoms with Gasteiger partial charge in [-0.25, -0.2) is 13.6 Å². The van der Waals surface area contributed by atoms with E-state index in [0.717, 1.165) is 32.1 Å². The Labute approximate surface area is 257 Å². The van der Waals surface area contributed by atoms with E-state index in [1.54, 1.807) is 32.9 Å². The molecule has 1 aliphatic carbocycles. The van der Waals surface area contributed by atoms with Gasteiger partial charge in [-0.1, -0.05) is 40.0 Å². The smallest absolute Gasteiger partial charge is 0.407 e. The van der Waals surface area contributed by atoms with Crippen molar-refractivity contribution in [1.82, 2.24) is 25.8 Å². The maximum absolute atomic E-state index is 14.0. The molecular formula is C31H45F2N5O6. The molecule has 1 aliphatic heterocycles. The van der Waals surface area contributed by atoms with Gasteiger partial charge >= 0.3 is 6.09 Å². The summed E-state index contributed by atoms with van der Waals surface area (Å²) in [6.45, 7) is 6.31. The van der Waals surface area contributed by atoms with Crippen LogP contribution < -0.4 is 16.0 Å². The van der Waals surface area contributed by atoms with Crippen LogP contribution in [0.4, 0.5) is 13.6 Å². The molecule has 244 valence electrons. The summed E-state index contributed by atoms with van der Waals surface area (Å²) in [5, 5.41) is 7.62. The molecule has 2 fully saturated rings. The second kappa shape index (κ2) is 14.4. The lowest BCUT2D eigenvalue weighted by Crippen LogP contribution is -2.59. The highest BCUT2D eigenvalue weighted by atomic mass is 19.3. The summed E-state index contributed by atoms with van der Waals surface area (Å²) in [7, 11) is 1.19. The zero-order valence-corrected chi connectivity index (χ0v) is 26.2. The van der Waals surface area contributed by atoms with E-state index in [-0.39, 0.29) is 18.5 Å². The molecule has 4 amide bonds. The Hall–Kier alpha value is -3.64. The highest BCUT2D eigenvalue weighted by molar-refractivity contribution is 6.38. The van der Waals surface area contributed by atoms with E-state index >= 15 is 0 Å². The second-order valence-electron chi connectivity index (χ2n) is 13.3. The third-order valence-electron chi connectivity index (χ3n) is 8.50. The van der Waals surface area contributed by atoms with Gasteiger partial charge in [0, 0.05) is 31.9 Å². The summed E-state index contributed by atoms with van der Waals surface area (Å²) in [6.07, 6.45) is 5.85. The van der Waals surface area contributed by atoms with E-state index in [4.69, 9.17) is 4.74 Å². The first kappa shape index (κ1) is 34.8. The van der Waals surface area contributed by atoms with Crippen molar-refractivity contribution >= 4 is 29.6 Å². The maximum Gasteiger partial charge on any atom is 0.407 e. The first-order valence-corrected chi connectivity index (χ1v) is 15.1. The standard InChI is InChI=1S/C31H45F2N5O6/c1-29(2,3)24(37-28(43)44-5)27(42)38-19-31(12-7-6-8-13-31)17-22(38)25(40)36-21(9-14-30(4,32)33)23(39)26(41)35-18-20-10-15-34-16-11-20/h10-11,15-16,21-22,24H,6-9,12-14,17-19H2,1-5H3,(H,35,41)(H,36,40)(H,37,43)/t21-,22-,24+/m0/s1. The summed E-state index contributed by atoms with van der Waals surface area (Å²) in [6, 6.07) is -0.290. The molecule has 1 aromatic heterocycles. The molecule has 3 rings (SSSR count). The molecular weight excluding hydrogens is 576 g/mol. The highest BCUT2D eigenvalue weighted by Crippen LogP contribution is 2.47. The fourth-order valence-corrected chi connectivity index (χ4v) is 6.04. The monoisotopic (exact) mass is 621 g/mol. The first-order valence-electron chi connectivity index (χ1n) is 15.1. The Morgan fingerprint density at radius 2 is 1.68 bits per heavy atom. The normalized spacial score (nSPS) is 19.5. The van der Waals surface area contributed by atoms with Crippen molar-refractivity contribution in [3.8, 4) is 0 Å². The number of Topliss-reactive ketones (excluding diaryl/α,β-unsaturated/α-hetero) is 1. The number of likely N-dealkylation sites (tertiary alicyclic amines) is 1. The van der Waals surface area contributed by atoms with E-state index in [2.05, 4.69) is 20.9 Å².